The third-order valence-electron chi connectivity index (χ3n) is 5.38. The molecule has 1 aliphatic heterocycles. The molecule has 1 aromatic heterocycles. The largest absolute Gasteiger partial charge is 0.445 e. The van der Waals surface area contributed by atoms with Crippen molar-refractivity contribution in [1.82, 2.24) is 4.98 Å². The highest BCUT2D eigenvalue weighted by Gasteiger charge is 2.26. The number of pyridine rings is 1. The maximum absolute atomic E-state index is 13.5. The molecule has 1 N–H and O–H groups in total. The summed E-state index contributed by atoms with van der Waals surface area (Å²) in [6.07, 6.45) is 1.12. The van der Waals surface area contributed by atoms with Gasteiger partial charge in [0, 0.05) is 30.5 Å². The van der Waals surface area contributed by atoms with Crippen molar-refractivity contribution in [1.29, 1.82) is 0 Å². The molecule has 0 aliphatic carbocycles. The number of nitrogens with one attached hydrogen (secondary N) is 1. The molecular weight excluding hydrogens is 540 g/mol. The normalized spacial score (nSPS) is 13.8. The number of nitrogens with zero attached hydrogens (tertiary/aromatic N) is 3. The van der Waals surface area contributed by atoms with E-state index in [0.717, 1.165) is 11.9 Å². The molecule has 0 bridgehead atoms. The summed E-state index contributed by atoms with van der Waals surface area (Å²) in [5.41, 5.74) is 1.39. The average molecular weight is 577 g/mol. The molecule has 3 rings (SSSR count). The van der Waals surface area contributed by atoms with Gasteiger partial charge in [0.1, 0.15) is 24.6 Å². The first-order valence-electron chi connectivity index (χ1n) is 12.6. The number of aromatic nitrogens is 1. The number of carbonyl (C=O) groups excluding carboxylic acids is 2. The third-order valence-corrected chi connectivity index (χ3v) is 5.93. The number of benzene rings is 1. The van der Waals surface area contributed by atoms with E-state index in [9.17, 15) is 18.0 Å². The van der Waals surface area contributed by atoms with E-state index < -0.39 is 27.9 Å². The minimum absolute atomic E-state index is 0.0398. The van der Waals surface area contributed by atoms with Crippen LogP contribution in [0.5, 0.6) is 0 Å². The van der Waals surface area contributed by atoms with Crippen LogP contribution in [0.2, 0.25) is 0 Å². The van der Waals surface area contributed by atoms with Gasteiger partial charge >= 0.3 is 12.2 Å². The Morgan fingerprint density at radius 2 is 1.93 bits per heavy atom. The van der Waals surface area contributed by atoms with Gasteiger partial charge < -0.3 is 19.1 Å². The van der Waals surface area contributed by atoms with Crippen LogP contribution in [0.1, 0.15) is 32.0 Å². The lowest BCUT2D eigenvalue weighted by Crippen LogP contribution is -2.38. The zero-order valence-corrected chi connectivity index (χ0v) is 24.0. The SMILES string of the molecule is C=CCOC(=O)Nc1cccc(CN(C(=O)OC(C)(C)C)c2cc(N3CCOCC3)cc(COS(C)(=O)=O)n2)c1. The van der Waals surface area contributed by atoms with Crippen LogP contribution >= 0.6 is 0 Å². The molecule has 1 aliphatic rings. The summed E-state index contributed by atoms with van der Waals surface area (Å²) < 4.78 is 44.5. The quantitative estimate of drug-likeness (QED) is 0.325. The molecule has 40 heavy (non-hydrogen) atoms. The van der Waals surface area contributed by atoms with Gasteiger partial charge in [-0.1, -0.05) is 24.8 Å². The molecule has 0 radical (unpaired) electrons. The number of hydrogen-bond donors (Lipinski definition) is 1. The van der Waals surface area contributed by atoms with Gasteiger partial charge in [0.25, 0.3) is 10.1 Å². The van der Waals surface area contributed by atoms with Crippen molar-refractivity contribution in [3.05, 3.63) is 60.3 Å². The van der Waals surface area contributed by atoms with Crippen molar-refractivity contribution in [2.24, 2.45) is 0 Å². The van der Waals surface area contributed by atoms with Crippen molar-refractivity contribution >= 4 is 39.5 Å². The number of hydrogen-bond acceptors (Lipinski definition) is 10. The summed E-state index contributed by atoms with van der Waals surface area (Å²) in [5.74, 6) is 0.245. The van der Waals surface area contributed by atoms with Crippen LogP contribution in [0.4, 0.5) is 26.8 Å². The van der Waals surface area contributed by atoms with E-state index in [1.807, 2.05) is 0 Å². The van der Waals surface area contributed by atoms with Crippen molar-refractivity contribution < 1.29 is 36.4 Å². The van der Waals surface area contributed by atoms with E-state index >= 15 is 0 Å². The first-order valence-corrected chi connectivity index (χ1v) is 14.5. The zero-order chi connectivity index (χ0) is 29.3. The lowest BCUT2D eigenvalue weighted by atomic mass is 10.1. The standard InChI is InChI=1S/C27H36N4O8S/c1-6-12-37-25(32)29-21-9-7-8-20(15-21)18-31(26(33)39-27(2,3)4)24-17-23(30-10-13-36-14-11-30)16-22(28-24)19-38-40(5,34)35/h6-9,15-17H,1,10-14,18-19H2,2-5H3,(H,29,32). The van der Waals surface area contributed by atoms with Gasteiger partial charge in [-0.3, -0.25) is 14.4 Å². The topological polar surface area (TPSA) is 137 Å². The van der Waals surface area contributed by atoms with Crippen LogP contribution in [0.25, 0.3) is 0 Å². The fourth-order valence-corrected chi connectivity index (χ4v) is 4.05. The minimum atomic E-state index is -3.73. The number of carbonyl (C=O) groups is 2. The number of ether oxygens (including phenoxy) is 3. The van der Waals surface area contributed by atoms with Gasteiger partial charge in [0.2, 0.25) is 0 Å². The van der Waals surface area contributed by atoms with E-state index in [1.165, 1.54) is 11.0 Å². The molecule has 0 unspecified atom stereocenters. The maximum Gasteiger partial charge on any atom is 0.416 e. The molecule has 0 atom stereocenters. The highest BCUT2D eigenvalue weighted by atomic mass is 32.2. The smallest absolute Gasteiger partial charge is 0.416 e. The zero-order valence-electron chi connectivity index (χ0n) is 23.2. The van der Waals surface area contributed by atoms with Crippen LogP contribution in [0, 0.1) is 0 Å². The first kappa shape index (κ1) is 30.9. The summed E-state index contributed by atoms with van der Waals surface area (Å²) in [6.45, 7) is 10.8. The summed E-state index contributed by atoms with van der Waals surface area (Å²) in [7, 11) is -3.73. The Labute approximate surface area is 235 Å². The Hall–Kier alpha value is -3.68. The Kier molecular flexibility index (Phi) is 10.5. The van der Waals surface area contributed by atoms with Crippen molar-refractivity contribution in [3.63, 3.8) is 0 Å². The molecule has 2 heterocycles. The van der Waals surface area contributed by atoms with E-state index in [2.05, 4.69) is 21.8 Å². The van der Waals surface area contributed by atoms with Gasteiger partial charge in [0.15, 0.2) is 0 Å². The van der Waals surface area contributed by atoms with E-state index in [4.69, 9.17) is 18.4 Å². The highest BCUT2D eigenvalue weighted by Crippen LogP contribution is 2.27. The molecule has 1 fully saturated rings. The Morgan fingerprint density at radius 3 is 2.58 bits per heavy atom. The van der Waals surface area contributed by atoms with Gasteiger partial charge in [-0.05, 0) is 44.5 Å². The van der Waals surface area contributed by atoms with Gasteiger partial charge in [-0.15, -0.1) is 0 Å². The van der Waals surface area contributed by atoms with Crippen molar-refractivity contribution in [2.75, 3.05) is 54.3 Å². The number of anilines is 3. The lowest BCUT2D eigenvalue weighted by molar-refractivity contribution is 0.0576. The van der Waals surface area contributed by atoms with Crippen LogP contribution in [0.15, 0.2) is 49.1 Å². The number of rotatable bonds is 10. The summed E-state index contributed by atoms with van der Waals surface area (Å²) >= 11 is 0. The molecule has 1 saturated heterocycles. The summed E-state index contributed by atoms with van der Waals surface area (Å²) in [6, 6.07) is 10.4. The fourth-order valence-electron chi connectivity index (χ4n) is 3.71. The number of morpholine rings is 1. The first-order chi connectivity index (χ1) is 18.8. The predicted molar refractivity (Wildman–Crippen MR) is 151 cm³/mol. The average Bonchev–Trinajstić information content (AvgIpc) is 2.88. The third kappa shape index (κ3) is 10.1. The second-order valence-electron chi connectivity index (χ2n) is 10.0. The van der Waals surface area contributed by atoms with Crippen LogP contribution in [-0.2, 0) is 41.7 Å². The molecular formula is C27H36N4O8S. The molecule has 2 aromatic rings. The Morgan fingerprint density at radius 1 is 1.20 bits per heavy atom. The van der Waals surface area contributed by atoms with E-state index in [1.54, 1.807) is 57.2 Å². The molecule has 0 saturated carbocycles. The van der Waals surface area contributed by atoms with Crippen LogP contribution < -0.4 is 15.1 Å². The van der Waals surface area contributed by atoms with E-state index in [-0.39, 0.29) is 25.6 Å². The minimum Gasteiger partial charge on any atom is -0.445 e. The van der Waals surface area contributed by atoms with Crippen LogP contribution in [-0.4, -0.2) is 70.4 Å². The predicted octanol–water partition coefficient (Wildman–Crippen LogP) is 4.07. The van der Waals surface area contributed by atoms with Crippen molar-refractivity contribution in [3.8, 4) is 0 Å². The highest BCUT2D eigenvalue weighted by molar-refractivity contribution is 7.85. The Balaban J connectivity index is 1.99. The van der Waals surface area contributed by atoms with Crippen molar-refractivity contribution in [2.45, 2.75) is 39.5 Å². The molecule has 1 aromatic carbocycles. The van der Waals surface area contributed by atoms with Gasteiger partial charge in [0.05, 0.1) is 31.7 Å². The summed E-state index contributed by atoms with van der Waals surface area (Å²) in [4.78, 5) is 33.4. The molecule has 218 valence electrons. The van der Waals surface area contributed by atoms with Crippen LogP contribution in [0.3, 0.4) is 0 Å². The molecule has 12 nitrogen and oxygen atoms in total. The second-order valence-corrected chi connectivity index (χ2v) is 11.7. The lowest BCUT2D eigenvalue weighted by Gasteiger charge is -2.31. The van der Waals surface area contributed by atoms with Gasteiger partial charge in [-0.2, -0.15) is 8.42 Å². The maximum atomic E-state index is 13.5. The van der Waals surface area contributed by atoms with E-state index in [0.29, 0.717) is 43.2 Å². The monoisotopic (exact) mass is 576 g/mol. The van der Waals surface area contributed by atoms with Gasteiger partial charge in [-0.25, -0.2) is 14.6 Å². The molecule has 0 spiro atoms. The Bertz CT molecular complexity index is 1300. The molecule has 13 heteroatoms. The fraction of sp³-hybridized carbons (Fsp3) is 0.444. The number of amides is 2. The summed E-state index contributed by atoms with van der Waals surface area (Å²) in [5, 5.41) is 2.64. The second kappa shape index (κ2) is 13.6. The molecule has 2 amide bonds.